The third kappa shape index (κ3) is 7.69. The maximum absolute atomic E-state index is 5.84. The van der Waals surface area contributed by atoms with Crippen LogP contribution in [0.25, 0.3) is 0 Å². The van der Waals surface area contributed by atoms with Crippen molar-refractivity contribution >= 4 is 35.4 Å². The summed E-state index contributed by atoms with van der Waals surface area (Å²) in [5.74, 6) is 1.90. The molecule has 214 valence electrons. The minimum absolute atomic E-state index is 0.611. The van der Waals surface area contributed by atoms with Gasteiger partial charge in [0, 0.05) is 24.5 Å². The summed E-state index contributed by atoms with van der Waals surface area (Å²) in [5, 5.41) is 0. The van der Waals surface area contributed by atoms with Crippen LogP contribution >= 0.6 is 19.4 Å². The van der Waals surface area contributed by atoms with Gasteiger partial charge in [0.25, 0.3) is 0 Å². The van der Waals surface area contributed by atoms with Crippen molar-refractivity contribution in [3.63, 3.8) is 0 Å². The van der Waals surface area contributed by atoms with Crippen molar-refractivity contribution in [3.05, 3.63) is 82.0 Å². The first kappa shape index (κ1) is 31.3. The van der Waals surface area contributed by atoms with E-state index in [1.165, 1.54) is 44.8 Å². The molecule has 0 bridgehead atoms. The van der Waals surface area contributed by atoms with E-state index in [2.05, 4.69) is 82.3 Å². The summed E-state index contributed by atoms with van der Waals surface area (Å²) in [6.07, 6.45) is 0. The number of anilines is 2. The topological polar surface area (TPSA) is 34.2 Å². The third-order valence-electron chi connectivity index (χ3n) is 6.63. The molecule has 1 aliphatic heterocycles. The summed E-state index contributed by atoms with van der Waals surface area (Å²) in [6.45, 7) is 17.6. The molecule has 3 aromatic carbocycles. The van der Waals surface area contributed by atoms with Gasteiger partial charge in [-0.1, -0.05) is 35.4 Å². The number of rotatable bonds is 6. The van der Waals surface area contributed by atoms with Crippen LogP contribution in [0.2, 0.25) is 0 Å². The molecule has 39 heavy (non-hydrogen) atoms. The van der Waals surface area contributed by atoms with Gasteiger partial charge in [-0.3, -0.25) is 0 Å². The van der Waals surface area contributed by atoms with Crippen molar-refractivity contribution < 1.29 is 27.7 Å². The Morgan fingerprint density at radius 2 is 1.03 bits per heavy atom. The molecular weight excluding hydrogens is 620 g/mol. The first-order chi connectivity index (χ1) is 18.5. The molecule has 0 aliphatic carbocycles. The second-order valence-corrected chi connectivity index (χ2v) is 15.5. The molecule has 0 aromatic heterocycles. The summed E-state index contributed by atoms with van der Waals surface area (Å²) in [5.41, 5.74) is 11.7. The van der Waals surface area contributed by atoms with Crippen molar-refractivity contribution in [2.45, 2.75) is 41.5 Å². The van der Waals surface area contributed by atoms with Gasteiger partial charge in [-0.2, -0.15) is 6.67 Å². The Hall–Kier alpha value is -2.27. The van der Waals surface area contributed by atoms with Gasteiger partial charge in [0.1, 0.15) is 0 Å². The molecule has 0 saturated carbocycles. The van der Waals surface area contributed by atoms with Crippen LogP contribution in [-0.2, 0) is 13.5 Å². The smallest absolute Gasteiger partial charge is 0.0146 e. The molecule has 1 aliphatic rings. The van der Waals surface area contributed by atoms with E-state index < -0.39 is 13.5 Å². The van der Waals surface area contributed by atoms with Crippen molar-refractivity contribution in [1.29, 1.82) is 0 Å². The molecular formula is C31H39Cl2N2O3Ru-. The standard InChI is InChI=1S/C21H27N2.C10H12O3.2ClH.Ru/c1-14-9-16(3)20(17(4)10-14)22-7-8-23(13-22)21-18(5)11-15(2)12-19(21)6;1-7-5-9(12-3)10(13-4)6-8(7)11-2;;;/h9-13H,7-8H2,1-6H3;1,5-6H,2-4H3;2*1H;/q-1;;;;+2/p-2. The van der Waals surface area contributed by atoms with Crippen molar-refractivity contribution in [2.24, 2.45) is 0 Å². The van der Waals surface area contributed by atoms with Gasteiger partial charge in [-0.25, -0.2) is 0 Å². The van der Waals surface area contributed by atoms with Gasteiger partial charge in [-0.05, 0) is 63.8 Å². The molecule has 0 radical (unpaired) electrons. The van der Waals surface area contributed by atoms with E-state index in [9.17, 15) is 0 Å². The van der Waals surface area contributed by atoms with Crippen LogP contribution in [0.1, 0.15) is 38.9 Å². The number of hydrogen-bond acceptors (Lipinski definition) is 5. The zero-order valence-corrected chi connectivity index (χ0v) is 27.5. The first-order valence-corrected chi connectivity index (χ1v) is 18.1. The van der Waals surface area contributed by atoms with Crippen molar-refractivity contribution in [2.75, 3.05) is 44.2 Å². The minimum atomic E-state index is -1.89. The summed E-state index contributed by atoms with van der Waals surface area (Å²) in [4.78, 5) is 4.81. The largest absolute Gasteiger partial charge is 0.502 e. The Kier molecular flexibility index (Phi) is 11.1. The fourth-order valence-corrected chi connectivity index (χ4v) is 7.09. The van der Waals surface area contributed by atoms with Crippen LogP contribution in [0.4, 0.5) is 11.4 Å². The molecule has 8 heteroatoms. The molecule has 5 nitrogen and oxygen atoms in total. The van der Waals surface area contributed by atoms with Crippen LogP contribution in [0.5, 0.6) is 17.2 Å². The minimum Gasteiger partial charge on any atom is -0.502 e. The number of halogens is 2. The normalized spacial score (nSPS) is 13.1. The predicted octanol–water partition coefficient (Wildman–Crippen LogP) is 7.77. The van der Waals surface area contributed by atoms with E-state index >= 15 is 0 Å². The number of aryl methyl sites for hydroxylation is 6. The molecule has 0 amide bonds. The van der Waals surface area contributed by atoms with Crippen LogP contribution in [0.15, 0.2) is 36.4 Å². The Labute approximate surface area is 247 Å². The van der Waals surface area contributed by atoms with Crippen LogP contribution in [0.3, 0.4) is 0 Å². The molecule has 0 atom stereocenters. The maximum atomic E-state index is 5.84. The zero-order valence-electron chi connectivity index (χ0n) is 24.3. The van der Waals surface area contributed by atoms with Gasteiger partial charge >= 0.3 is 108 Å². The number of hydrogen-bond donors (Lipinski definition) is 0. The molecule has 0 spiro atoms. The number of methoxy groups -OCH3 is 3. The van der Waals surface area contributed by atoms with Gasteiger partial charge in [0.05, 0.1) is 0 Å². The quantitative estimate of drug-likeness (QED) is 0.200. The molecule has 4 rings (SSSR count). The maximum Gasteiger partial charge on any atom is 0.0146 e. The Morgan fingerprint density at radius 1 is 0.641 bits per heavy atom. The van der Waals surface area contributed by atoms with Crippen LogP contribution < -0.4 is 24.0 Å². The second kappa shape index (κ2) is 13.9. The molecule has 0 unspecified atom stereocenters. The van der Waals surface area contributed by atoms with E-state index in [0.717, 1.165) is 18.7 Å². The summed E-state index contributed by atoms with van der Waals surface area (Å²) >= 11 is -1.89. The van der Waals surface area contributed by atoms with Gasteiger partial charge in [-0.15, -0.1) is 0 Å². The molecule has 1 heterocycles. The zero-order chi connectivity index (χ0) is 28.9. The first-order valence-electron chi connectivity index (χ1n) is 12.7. The second-order valence-electron chi connectivity index (χ2n) is 9.75. The molecule has 1 saturated heterocycles. The number of nitrogens with zero attached hydrogens (tertiary/aromatic N) is 2. The summed E-state index contributed by atoms with van der Waals surface area (Å²) in [6, 6.07) is 12.7. The monoisotopic (exact) mass is 659 g/mol. The van der Waals surface area contributed by atoms with Crippen molar-refractivity contribution in [3.8, 4) is 17.2 Å². The van der Waals surface area contributed by atoms with Gasteiger partial charge in [0.2, 0.25) is 0 Å². The van der Waals surface area contributed by atoms with E-state index in [0.29, 0.717) is 17.2 Å². The predicted molar refractivity (Wildman–Crippen MR) is 163 cm³/mol. The van der Waals surface area contributed by atoms with Crippen LogP contribution in [0, 0.1) is 48.2 Å². The number of benzene rings is 3. The fourth-order valence-electron chi connectivity index (χ4n) is 5.30. The molecule has 1 fully saturated rings. The van der Waals surface area contributed by atoms with Crippen LogP contribution in [-0.4, -0.2) is 39.0 Å². The van der Waals surface area contributed by atoms with E-state index in [1.807, 2.05) is 0 Å². The Balaban J connectivity index is 0.000000231. The fraction of sp³-hybridized carbons (Fsp3) is 0.355. The van der Waals surface area contributed by atoms with E-state index in [4.69, 9.17) is 33.6 Å². The van der Waals surface area contributed by atoms with Gasteiger partial charge < -0.3 is 9.80 Å². The average Bonchev–Trinajstić information content (AvgIpc) is 3.31. The van der Waals surface area contributed by atoms with Crippen molar-refractivity contribution in [1.82, 2.24) is 0 Å². The summed E-state index contributed by atoms with van der Waals surface area (Å²) < 4.78 is 17.4. The average molecular weight is 660 g/mol. The molecule has 0 N–H and O–H groups in total. The third-order valence-corrected chi connectivity index (χ3v) is 8.46. The van der Waals surface area contributed by atoms with Gasteiger partial charge in [0.15, 0.2) is 0 Å². The Morgan fingerprint density at radius 3 is 1.38 bits per heavy atom. The number of ether oxygens (including phenoxy) is 3. The SMILES string of the molecule is COc1cc(OC)c(OC)cc1[CH]=[Ru]([Cl])[Cl].Cc1cc(C)c(N2[CH-]N(c3c(C)cc(C)cc3C)CC2)c(C)c1. The molecule has 3 aromatic rings. The Bertz CT molecular complexity index is 1250. The van der Waals surface area contributed by atoms with E-state index in [-0.39, 0.29) is 0 Å². The summed E-state index contributed by atoms with van der Waals surface area (Å²) in [7, 11) is 16.4. The van der Waals surface area contributed by atoms with E-state index in [1.54, 1.807) is 38.1 Å².